The molecule has 0 unspecified atom stereocenters. The van der Waals surface area contributed by atoms with Gasteiger partial charge in [0.15, 0.2) is 0 Å². The number of carbonyl (C=O) groups excluding carboxylic acids is 1. The second-order valence-corrected chi connectivity index (χ2v) is 5.11. The van der Waals surface area contributed by atoms with Gasteiger partial charge in [0, 0.05) is 17.2 Å². The van der Waals surface area contributed by atoms with Gasteiger partial charge in [0.05, 0.1) is 4.92 Å². The summed E-state index contributed by atoms with van der Waals surface area (Å²) in [5.74, 6) is -0.678. The highest BCUT2D eigenvalue weighted by Gasteiger charge is 2.22. The summed E-state index contributed by atoms with van der Waals surface area (Å²) in [6.45, 7) is 6.00. The summed E-state index contributed by atoms with van der Waals surface area (Å²) >= 11 is 0. The van der Waals surface area contributed by atoms with Crippen molar-refractivity contribution in [2.24, 2.45) is 5.73 Å². The zero-order valence-corrected chi connectivity index (χ0v) is 11.4. The third-order valence-corrected chi connectivity index (χ3v) is 2.83. The van der Waals surface area contributed by atoms with Crippen LogP contribution < -0.4 is 11.1 Å². The lowest BCUT2D eigenvalue weighted by Gasteiger charge is -2.27. The van der Waals surface area contributed by atoms with Crippen LogP contribution >= 0.6 is 0 Å². The molecule has 0 saturated heterocycles. The molecule has 3 N–H and O–H groups in total. The van der Waals surface area contributed by atoms with Gasteiger partial charge in [0.25, 0.3) is 5.69 Å². The van der Waals surface area contributed by atoms with Crippen molar-refractivity contribution in [2.75, 3.05) is 5.32 Å². The number of rotatable bonds is 6. The van der Waals surface area contributed by atoms with Gasteiger partial charge in [-0.3, -0.25) is 14.9 Å². The van der Waals surface area contributed by atoms with Crippen molar-refractivity contribution in [1.29, 1.82) is 0 Å². The zero-order valence-electron chi connectivity index (χ0n) is 11.4. The molecule has 6 nitrogen and oxygen atoms in total. The molecule has 0 heterocycles. The van der Waals surface area contributed by atoms with Crippen molar-refractivity contribution in [3.63, 3.8) is 0 Å². The number of hydrogen-bond donors (Lipinski definition) is 2. The van der Waals surface area contributed by atoms with Crippen LogP contribution in [0.4, 0.5) is 11.4 Å². The number of nitrogens with one attached hydrogen (secondary N) is 1. The molecule has 1 amide bonds. The summed E-state index contributed by atoms with van der Waals surface area (Å²) in [6, 6.07) is 4.21. The predicted octanol–water partition coefficient (Wildman–Crippen LogP) is 2.68. The normalized spacial score (nSPS) is 11.1. The summed E-state index contributed by atoms with van der Waals surface area (Å²) in [4.78, 5) is 21.6. The lowest BCUT2D eigenvalue weighted by atomic mass is 9.98. The van der Waals surface area contributed by atoms with Crippen molar-refractivity contribution < 1.29 is 9.72 Å². The Morgan fingerprint density at radius 2 is 2.11 bits per heavy atom. The van der Waals surface area contributed by atoms with E-state index in [2.05, 4.69) is 5.32 Å². The molecule has 0 aromatic heterocycles. The van der Waals surface area contributed by atoms with Gasteiger partial charge in [-0.15, -0.1) is 0 Å². The molecule has 0 atom stereocenters. The smallest absolute Gasteiger partial charge is 0.293 e. The van der Waals surface area contributed by atoms with E-state index in [4.69, 9.17) is 5.73 Å². The molecule has 0 aliphatic carbocycles. The lowest BCUT2D eigenvalue weighted by molar-refractivity contribution is -0.384. The van der Waals surface area contributed by atoms with Crippen LogP contribution in [-0.4, -0.2) is 16.4 Å². The van der Waals surface area contributed by atoms with Crippen LogP contribution in [0.15, 0.2) is 18.2 Å². The number of carbonyl (C=O) groups is 1. The monoisotopic (exact) mass is 265 g/mol. The lowest BCUT2D eigenvalue weighted by Crippen LogP contribution is -2.30. The number of benzene rings is 1. The molecular weight excluding hydrogens is 246 g/mol. The molecule has 6 heteroatoms. The van der Waals surface area contributed by atoms with Gasteiger partial charge >= 0.3 is 0 Å². The van der Waals surface area contributed by atoms with Gasteiger partial charge in [0.1, 0.15) is 5.69 Å². The fourth-order valence-corrected chi connectivity index (χ4v) is 1.99. The van der Waals surface area contributed by atoms with Crippen molar-refractivity contribution in [1.82, 2.24) is 0 Å². The number of primary amides is 1. The third-order valence-electron chi connectivity index (χ3n) is 2.83. The van der Waals surface area contributed by atoms with E-state index in [1.165, 1.54) is 18.2 Å². The molecule has 0 aliphatic heterocycles. The maximum absolute atomic E-state index is 11.1. The number of nitro groups is 1. The van der Waals surface area contributed by atoms with Crippen LogP contribution in [0, 0.1) is 10.1 Å². The summed E-state index contributed by atoms with van der Waals surface area (Å²) in [6.07, 6.45) is 1.84. The van der Waals surface area contributed by atoms with E-state index in [1.54, 1.807) is 0 Å². The maximum atomic E-state index is 11.1. The number of anilines is 1. The quantitative estimate of drug-likeness (QED) is 0.610. The summed E-state index contributed by atoms with van der Waals surface area (Å²) in [7, 11) is 0. The average Bonchev–Trinajstić information content (AvgIpc) is 2.27. The molecule has 19 heavy (non-hydrogen) atoms. The number of nitrogens with zero attached hydrogens (tertiary/aromatic N) is 1. The highest BCUT2D eigenvalue weighted by atomic mass is 16.6. The van der Waals surface area contributed by atoms with Crippen LogP contribution in [0.2, 0.25) is 0 Å². The second kappa shape index (κ2) is 5.69. The van der Waals surface area contributed by atoms with Gasteiger partial charge < -0.3 is 11.1 Å². The Kier molecular flexibility index (Phi) is 4.47. The van der Waals surface area contributed by atoms with Crippen LogP contribution in [0.5, 0.6) is 0 Å². The molecule has 0 spiro atoms. The van der Waals surface area contributed by atoms with Crippen LogP contribution in [-0.2, 0) is 0 Å². The Balaban J connectivity index is 3.14. The fourth-order valence-electron chi connectivity index (χ4n) is 1.99. The second-order valence-electron chi connectivity index (χ2n) is 5.11. The molecular formula is C13H19N3O3. The topological polar surface area (TPSA) is 98.3 Å². The van der Waals surface area contributed by atoms with Crippen LogP contribution in [0.3, 0.4) is 0 Å². The summed E-state index contributed by atoms with van der Waals surface area (Å²) in [5.41, 5.74) is 5.26. The fraction of sp³-hybridized carbons (Fsp3) is 0.462. The van der Waals surface area contributed by atoms with Crippen molar-refractivity contribution in [3.8, 4) is 0 Å². The highest BCUT2D eigenvalue weighted by molar-refractivity contribution is 5.94. The summed E-state index contributed by atoms with van der Waals surface area (Å²) < 4.78 is 0. The first-order valence-corrected chi connectivity index (χ1v) is 6.13. The Bertz CT molecular complexity index is 498. The van der Waals surface area contributed by atoms with Gasteiger partial charge in [-0.05, 0) is 32.4 Å². The minimum Gasteiger partial charge on any atom is -0.375 e. The van der Waals surface area contributed by atoms with Gasteiger partial charge in [-0.25, -0.2) is 0 Å². The molecule has 0 bridgehead atoms. The van der Waals surface area contributed by atoms with Crippen molar-refractivity contribution >= 4 is 17.3 Å². The SMILES string of the molecule is CCCC(C)(C)Nc1ccc(C(N)=O)cc1[N+](=O)[O-]. The molecule has 1 aromatic rings. The van der Waals surface area contributed by atoms with Gasteiger partial charge in [-0.2, -0.15) is 0 Å². The van der Waals surface area contributed by atoms with E-state index in [-0.39, 0.29) is 16.8 Å². The number of nitro benzene ring substituents is 1. The Morgan fingerprint density at radius 3 is 2.58 bits per heavy atom. The molecule has 0 saturated carbocycles. The maximum Gasteiger partial charge on any atom is 0.293 e. The Hall–Kier alpha value is -2.11. The number of hydrogen-bond acceptors (Lipinski definition) is 4. The first-order valence-electron chi connectivity index (χ1n) is 6.13. The number of nitrogens with two attached hydrogens (primary N) is 1. The Morgan fingerprint density at radius 1 is 1.47 bits per heavy atom. The largest absolute Gasteiger partial charge is 0.375 e. The Labute approximate surface area is 112 Å². The van der Waals surface area contributed by atoms with Crippen LogP contribution in [0.1, 0.15) is 44.0 Å². The van der Waals surface area contributed by atoms with Crippen LogP contribution in [0.25, 0.3) is 0 Å². The molecule has 0 radical (unpaired) electrons. The standard InChI is InChI=1S/C13H19N3O3/c1-4-7-13(2,3)15-10-6-5-9(12(14)17)8-11(10)16(18)19/h5-6,8,15H,4,7H2,1-3H3,(H2,14,17). The van der Waals surface area contributed by atoms with E-state index in [9.17, 15) is 14.9 Å². The molecule has 0 aliphatic rings. The zero-order chi connectivity index (χ0) is 14.6. The third kappa shape index (κ3) is 3.94. The number of amides is 1. The van der Waals surface area contributed by atoms with E-state index in [1.807, 2.05) is 20.8 Å². The average molecular weight is 265 g/mol. The molecule has 0 fully saturated rings. The first kappa shape index (κ1) is 14.9. The van der Waals surface area contributed by atoms with Gasteiger partial charge in [0.2, 0.25) is 5.91 Å². The van der Waals surface area contributed by atoms with Crippen molar-refractivity contribution in [2.45, 2.75) is 39.2 Å². The van der Waals surface area contributed by atoms with E-state index >= 15 is 0 Å². The van der Waals surface area contributed by atoms with E-state index in [0.717, 1.165) is 12.8 Å². The van der Waals surface area contributed by atoms with E-state index < -0.39 is 10.8 Å². The summed E-state index contributed by atoms with van der Waals surface area (Å²) in [5, 5.41) is 14.2. The molecule has 1 rings (SSSR count). The first-order chi connectivity index (χ1) is 8.76. The minimum absolute atomic E-state index is 0.130. The molecule has 104 valence electrons. The predicted molar refractivity (Wildman–Crippen MR) is 74.2 cm³/mol. The molecule has 1 aromatic carbocycles. The highest BCUT2D eigenvalue weighted by Crippen LogP contribution is 2.29. The van der Waals surface area contributed by atoms with Crippen molar-refractivity contribution in [3.05, 3.63) is 33.9 Å². The minimum atomic E-state index is -0.678. The van der Waals surface area contributed by atoms with E-state index in [0.29, 0.717) is 5.69 Å². The van der Waals surface area contributed by atoms with Gasteiger partial charge in [-0.1, -0.05) is 13.3 Å².